The number of fused-ring (bicyclic) bond motifs is 1. The minimum atomic E-state index is -0.388. The highest BCUT2D eigenvalue weighted by molar-refractivity contribution is 7.99. The van der Waals surface area contributed by atoms with Crippen molar-refractivity contribution in [3.05, 3.63) is 66.1 Å². The fourth-order valence-electron chi connectivity index (χ4n) is 3.12. The standard InChI is InChI=1S/C21H16FN5OS/c22-17-8-3-1-7-15(17)20-24-21(26-25-20)29-13-19(28)16-12-27(11-5-10-23)18-9-4-2-6-14(16)18/h1-4,6-9,12H,5,11,13H2,(H,24,25,26). The molecule has 0 spiro atoms. The molecule has 0 aliphatic carbocycles. The second-order valence-corrected chi connectivity index (χ2v) is 7.26. The van der Waals surface area contributed by atoms with E-state index >= 15 is 0 Å². The maximum atomic E-state index is 13.9. The third kappa shape index (κ3) is 3.91. The molecule has 0 bridgehead atoms. The predicted octanol–water partition coefficient (Wildman–Crippen LogP) is 4.45. The lowest BCUT2D eigenvalue weighted by molar-refractivity contribution is 0.102. The van der Waals surface area contributed by atoms with Gasteiger partial charge in [0.2, 0.25) is 5.16 Å². The summed E-state index contributed by atoms with van der Waals surface area (Å²) in [7, 11) is 0. The Morgan fingerprint density at radius 3 is 2.83 bits per heavy atom. The van der Waals surface area contributed by atoms with Gasteiger partial charge in [0.1, 0.15) is 5.82 Å². The van der Waals surface area contributed by atoms with Crippen LogP contribution in [0.5, 0.6) is 0 Å². The number of carbonyl (C=O) groups is 1. The average Bonchev–Trinajstić information content (AvgIpc) is 3.36. The van der Waals surface area contributed by atoms with Crippen LogP contribution in [-0.2, 0) is 6.54 Å². The molecule has 2 heterocycles. The van der Waals surface area contributed by atoms with Crippen LogP contribution < -0.4 is 0 Å². The van der Waals surface area contributed by atoms with Crippen molar-refractivity contribution in [1.82, 2.24) is 19.7 Å². The van der Waals surface area contributed by atoms with Crippen molar-refractivity contribution < 1.29 is 9.18 Å². The maximum Gasteiger partial charge on any atom is 0.209 e. The van der Waals surface area contributed by atoms with Gasteiger partial charge in [-0.2, -0.15) is 5.26 Å². The Bertz CT molecular complexity index is 1220. The number of aromatic amines is 1. The van der Waals surface area contributed by atoms with E-state index in [9.17, 15) is 9.18 Å². The summed E-state index contributed by atoms with van der Waals surface area (Å²) in [6.07, 6.45) is 2.17. The fraction of sp³-hybridized carbons (Fsp3) is 0.143. The molecule has 0 aliphatic rings. The van der Waals surface area contributed by atoms with Crippen LogP contribution in [0.15, 0.2) is 59.9 Å². The van der Waals surface area contributed by atoms with Crippen LogP contribution in [0.25, 0.3) is 22.3 Å². The number of nitrogens with one attached hydrogen (secondary N) is 1. The van der Waals surface area contributed by atoms with Crippen molar-refractivity contribution in [2.45, 2.75) is 18.1 Å². The van der Waals surface area contributed by atoms with Gasteiger partial charge in [-0.25, -0.2) is 9.37 Å². The first kappa shape index (κ1) is 18.9. The first-order chi connectivity index (χ1) is 14.2. The van der Waals surface area contributed by atoms with Crippen LogP contribution in [0, 0.1) is 17.1 Å². The number of hydrogen-bond donors (Lipinski definition) is 1. The van der Waals surface area contributed by atoms with Crippen molar-refractivity contribution in [2.75, 3.05) is 5.75 Å². The maximum absolute atomic E-state index is 13.9. The molecular weight excluding hydrogens is 389 g/mol. The lowest BCUT2D eigenvalue weighted by Gasteiger charge is -2.00. The highest BCUT2D eigenvalue weighted by atomic mass is 32.2. The molecule has 2 aromatic heterocycles. The minimum absolute atomic E-state index is 0.0563. The van der Waals surface area contributed by atoms with Gasteiger partial charge in [-0.3, -0.25) is 9.89 Å². The molecule has 0 aliphatic heterocycles. The van der Waals surface area contributed by atoms with Gasteiger partial charge >= 0.3 is 0 Å². The van der Waals surface area contributed by atoms with Crippen LogP contribution in [0.2, 0.25) is 0 Å². The SMILES string of the molecule is N#CCCn1cc(C(=O)CSc2n[nH]c(-c3ccccc3F)n2)c2ccccc21. The summed E-state index contributed by atoms with van der Waals surface area (Å²) in [6, 6.07) is 16.1. The van der Waals surface area contributed by atoms with Crippen molar-refractivity contribution in [3.63, 3.8) is 0 Å². The summed E-state index contributed by atoms with van der Waals surface area (Å²) in [4.78, 5) is 17.1. The number of nitrogens with zero attached hydrogens (tertiary/aromatic N) is 4. The van der Waals surface area contributed by atoms with Gasteiger partial charge in [0.15, 0.2) is 11.6 Å². The number of aryl methyl sites for hydroxylation is 1. The summed E-state index contributed by atoms with van der Waals surface area (Å²) < 4.78 is 15.8. The summed E-state index contributed by atoms with van der Waals surface area (Å²) in [5, 5.41) is 16.9. The number of benzene rings is 2. The summed E-state index contributed by atoms with van der Waals surface area (Å²) in [5.74, 6) is 0.0349. The Hall–Kier alpha value is -3.44. The van der Waals surface area contributed by atoms with E-state index < -0.39 is 0 Å². The van der Waals surface area contributed by atoms with E-state index in [1.54, 1.807) is 24.4 Å². The van der Waals surface area contributed by atoms with Gasteiger partial charge in [-0.05, 0) is 18.2 Å². The minimum Gasteiger partial charge on any atom is -0.346 e. The first-order valence-electron chi connectivity index (χ1n) is 8.95. The normalized spacial score (nSPS) is 10.9. The van der Waals surface area contributed by atoms with Crippen LogP contribution in [-0.4, -0.2) is 31.3 Å². The van der Waals surface area contributed by atoms with Gasteiger partial charge in [0, 0.05) is 29.2 Å². The molecule has 8 heteroatoms. The molecule has 0 unspecified atom stereocenters. The highest BCUT2D eigenvalue weighted by Gasteiger charge is 2.17. The largest absolute Gasteiger partial charge is 0.346 e. The number of hydrogen-bond acceptors (Lipinski definition) is 5. The van der Waals surface area contributed by atoms with E-state index in [0.29, 0.717) is 35.1 Å². The number of thioether (sulfide) groups is 1. The predicted molar refractivity (Wildman–Crippen MR) is 109 cm³/mol. The molecule has 0 saturated heterocycles. The summed E-state index contributed by atoms with van der Waals surface area (Å²) in [6.45, 7) is 0.532. The van der Waals surface area contributed by atoms with E-state index in [4.69, 9.17) is 5.26 Å². The molecule has 0 radical (unpaired) electrons. The van der Waals surface area contributed by atoms with Gasteiger partial charge in [0.25, 0.3) is 0 Å². The number of halogens is 1. The fourth-order valence-corrected chi connectivity index (χ4v) is 3.80. The number of rotatable bonds is 7. The molecular formula is C21H16FN5OS. The van der Waals surface area contributed by atoms with Crippen molar-refractivity contribution in [2.24, 2.45) is 0 Å². The van der Waals surface area contributed by atoms with Gasteiger partial charge in [-0.15, -0.1) is 5.10 Å². The molecule has 0 amide bonds. The van der Waals surface area contributed by atoms with Gasteiger partial charge in [-0.1, -0.05) is 42.1 Å². The smallest absolute Gasteiger partial charge is 0.209 e. The average molecular weight is 405 g/mol. The van der Waals surface area contributed by atoms with Gasteiger partial charge < -0.3 is 4.57 Å². The second-order valence-electron chi connectivity index (χ2n) is 6.32. The van der Waals surface area contributed by atoms with E-state index in [1.165, 1.54) is 17.8 Å². The molecule has 2 aromatic carbocycles. The molecule has 0 fully saturated rings. The van der Waals surface area contributed by atoms with Crippen LogP contribution in [0.1, 0.15) is 16.8 Å². The third-order valence-corrected chi connectivity index (χ3v) is 5.33. The van der Waals surface area contributed by atoms with Crippen molar-refractivity contribution in [1.29, 1.82) is 5.26 Å². The lowest BCUT2D eigenvalue weighted by Crippen LogP contribution is -2.02. The Balaban J connectivity index is 1.51. The Morgan fingerprint density at radius 2 is 2.00 bits per heavy atom. The molecule has 29 heavy (non-hydrogen) atoms. The van der Waals surface area contributed by atoms with Crippen LogP contribution in [0.4, 0.5) is 4.39 Å². The molecule has 0 atom stereocenters. The first-order valence-corrected chi connectivity index (χ1v) is 9.94. The molecule has 1 N–H and O–H groups in total. The molecule has 0 saturated carbocycles. The second kappa shape index (κ2) is 8.29. The molecule has 4 rings (SSSR count). The number of ketones is 1. The van der Waals surface area contributed by atoms with E-state index in [1.807, 2.05) is 28.8 Å². The number of para-hydroxylation sites is 1. The number of aromatic nitrogens is 4. The summed E-state index contributed by atoms with van der Waals surface area (Å²) in [5.41, 5.74) is 1.87. The monoisotopic (exact) mass is 405 g/mol. The number of H-pyrrole nitrogens is 1. The van der Waals surface area contributed by atoms with Crippen LogP contribution >= 0.6 is 11.8 Å². The Morgan fingerprint density at radius 1 is 1.21 bits per heavy atom. The zero-order chi connectivity index (χ0) is 20.2. The number of Topliss-reactive ketones (excluding diaryl/α,β-unsaturated/α-hetero) is 1. The summed E-state index contributed by atoms with van der Waals surface area (Å²) >= 11 is 1.19. The van der Waals surface area contributed by atoms with E-state index in [0.717, 1.165) is 10.9 Å². The topological polar surface area (TPSA) is 87.4 Å². The zero-order valence-electron chi connectivity index (χ0n) is 15.3. The third-order valence-electron chi connectivity index (χ3n) is 4.48. The number of carbonyl (C=O) groups excluding carboxylic acids is 1. The number of nitriles is 1. The van der Waals surface area contributed by atoms with E-state index in [-0.39, 0.29) is 17.4 Å². The van der Waals surface area contributed by atoms with Crippen molar-refractivity contribution >= 4 is 28.4 Å². The highest BCUT2D eigenvalue weighted by Crippen LogP contribution is 2.25. The van der Waals surface area contributed by atoms with Gasteiger partial charge in [0.05, 0.1) is 23.8 Å². The molecule has 144 valence electrons. The quantitative estimate of drug-likeness (QED) is 0.362. The lowest BCUT2D eigenvalue weighted by atomic mass is 10.1. The zero-order valence-corrected chi connectivity index (χ0v) is 16.1. The van der Waals surface area contributed by atoms with Crippen LogP contribution in [0.3, 0.4) is 0 Å². The Kier molecular flexibility index (Phi) is 5.40. The van der Waals surface area contributed by atoms with Crippen molar-refractivity contribution in [3.8, 4) is 17.5 Å². The Labute approximate surface area is 170 Å². The molecule has 6 nitrogen and oxygen atoms in total. The van der Waals surface area contributed by atoms with E-state index in [2.05, 4.69) is 21.3 Å². The molecule has 4 aromatic rings.